The van der Waals surface area contributed by atoms with Crippen molar-refractivity contribution in [3.63, 3.8) is 0 Å². The van der Waals surface area contributed by atoms with Crippen LogP contribution in [0.4, 0.5) is 5.82 Å². The van der Waals surface area contributed by atoms with E-state index in [1.54, 1.807) is 19.0 Å². The number of anilines is 1. The minimum atomic E-state index is -1.08. The molecule has 116 valence electrons. The fraction of sp³-hybridized carbons (Fsp3) is 0.615. The van der Waals surface area contributed by atoms with E-state index in [1.165, 1.54) is 0 Å². The molecule has 21 heavy (non-hydrogen) atoms. The first kappa shape index (κ1) is 16.3. The predicted octanol–water partition coefficient (Wildman–Crippen LogP) is 1.46. The molecule has 0 spiro atoms. The normalized spacial score (nSPS) is 18.2. The number of amides is 1. The Morgan fingerprint density at radius 2 is 2.24 bits per heavy atom. The number of carbonyl (C=O) groups is 1. The Kier molecular flexibility index (Phi) is 5.29. The Balaban J connectivity index is 2.04. The third-order valence-corrected chi connectivity index (χ3v) is 4.96. The van der Waals surface area contributed by atoms with Gasteiger partial charge in [-0.05, 0) is 36.1 Å². The molecule has 8 heteroatoms. The Labute approximate surface area is 132 Å². The van der Waals surface area contributed by atoms with Gasteiger partial charge in [0.15, 0.2) is 5.82 Å². The van der Waals surface area contributed by atoms with Crippen LogP contribution in [0.5, 0.6) is 0 Å². The van der Waals surface area contributed by atoms with Crippen LogP contribution in [0.2, 0.25) is 5.28 Å². The lowest BCUT2D eigenvalue weighted by Crippen LogP contribution is -2.25. The molecule has 0 radical (unpaired) electrons. The number of carbonyl (C=O) groups excluding carboxylic acids is 1. The second-order valence-electron chi connectivity index (χ2n) is 5.29. The highest BCUT2D eigenvalue weighted by molar-refractivity contribution is 7.91. The van der Waals surface area contributed by atoms with E-state index in [1.807, 2.05) is 6.92 Å². The van der Waals surface area contributed by atoms with Gasteiger partial charge >= 0.3 is 0 Å². The molecule has 1 aromatic rings. The summed E-state index contributed by atoms with van der Waals surface area (Å²) in [5.74, 6) is 1.18. The molecule has 1 aliphatic heterocycles. The van der Waals surface area contributed by atoms with Crippen LogP contribution >= 0.6 is 11.6 Å². The van der Waals surface area contributed by atoms with Crippen LogP contribution in [0.3, 0.4) is 0 Å². The molecule has 0 fully saturated rings. The lowest BCUT2D eigenvalue weighted by Gasteiger charge is -2.17. The van der Waals surface area contributed by atoms with Gasteiger partial charge in [0, 0.05) is 33.0 Å². The van der Waals surface area contributed by atoms with Gasteiger partial charge < -0.3 is 14.8 Å². The van der Waals surface area contributed by atoms with Gasteiger partial charge in [-0.25, -0.2) is 4.98 Å². The van der Waals surface area contributed by atoms with Gasteiger partial charge in [-0.1, -0.05) is 0 Å². The number of aromatic nitrogens is 2. The van der Waals surface area contributed by atoms with E-state index in [0.717, 1.165) is 5.69 Å². The Bertz CT molecular complexity index is 541. The monoisotopic (exact) mass is 330 g/mol. The summed E-state index contributed by atoms with van der Waals surface area (Å²) < 4.78 is 12.0. The molecule has 0 saturated carbocycles. The van der Waals surface area contributed by atoms with E-state index in [9.17, 15) is 9.35 Å². The highest BCUT2D eigenvalue weighted by atomic mass is 35.5. The molecule has 0 bridgehead atoms. The van der Waals surface area contributed by atoms with Crippen LogP contribution in [0.1, 0.15) is 25.5 Å². The van der Waals surface area contributed by atoms with E-state index < -0.39 is 11.2 Å². The second-order valence-corrected chi connectivity index (χ2v) is 7.13. The molecule has 0 aromatic carbocycles. The van der Waals surface area contributed by atoms with Gasteiger partial charge in [0.25, 0.3) is 0 Å². The maximum atomic E-state index is 12.0. The van der Waals surface area contributed by atoms with Gasteiger partial charge in [0.1, 0.15) is 11.4 Å². The van der Waals surface area contributed by atoms with Crippen LogP contribution in [-0.2, 0) is 22.4 Å². The summed E-state index contributed by atoms with van der Waals surface area (Å²) in [6.07, 6.45) is 1.78. The van der Waals surface area contributed by atoms with Gasteiger partial charge in [0.2, 0.25) is 16.1 Å². The molecule has 6 nitrogen and oxygen atoms in total. The third kappa shape index (κ3) is 3.99. The fourth-order valence-corrected chi connectivity index (χ4v) is 3.63. The summed E-state index contributed by atoms with van der Waals surface area (Å²) in [6.45, 7) is 1.96. The van der Waals surface area contributed by atoms with E-state index in [-0.39, 0.29) is 17.2 Å². The van der Waals surface area contributed by atoms with Crippen molar-refractivity contribution in [2.75, 3.05) is 25.2 Å². The van der Waals surface area contributed by atoms with Crippen molar-refractivity contribution < 1.29 is 9.35 Å². The summed E-state index contributed by atoms with van der Waals surface area (Å²) in [7, 11) is 3.47. The summed E-state index contributed by atoms with van der Waals surface area (Å²) in [4.78, 5) is 22.1. The summed E-state index contributed by atoms with van der Waals surface area (Å²) in [6, 6.07) is 0.0292. The molecule has 2 heterocycles. The number of hydrogen-bond acceptors (Lipinski definition) is 5. The molecule has 1 amide bonds. The fourth-order valence-electron chi connectivity index (χ4n) is 2.13. The van der Waals surface area contributed by atoms with Crippen molar-refractivity contribution in [2.45, 2.75) is 37.1 Å². The van der Waals surface area contributed by atoms with Crippen molar-refractivity contribution >= 4 is 34.5 Å². The van der Waals surface area contributed by atoms with Crippen molar-refractivity contribution in [1.82, 2.24) is 14.9 Å². The Morgan fingerprint density at radius 1 is 1.52 bits per heavy atom. The number of hydrogen-bond donors (Lipinski definition) is 1. The van der Waals surface area contributed by atoms with Crippen LogP contribution in [0, 0.1) is 0 Å². The van der Waals surface area contributed by atoms with Crippen LogP contribution < -0.4 is 5.32 Å². The molecule has 1 aromatic heterocycles. The number of rotatable bonds is 5. The molecule has 0 saturated heterocycles. The van der Waals surface area contributed by atoms with E-state index in [0.29, 0.717) is 35.7 Å². The molecular formula is C13H19ClN4O2S. The molecular weight excluding hydrogens is 312 g/mol. The molecule has 2 atom stereocenters. The number of nitrogens with one attached hydrogen (secondary N) is 1. The largest absolute Gasteiger partial charge is 0.611 e. The van der Waals surface area contributed by atoms with Crippen LogP contribution in [-0.4, -0.2) is 51.2 Å². The van der Waals surface area contributed by atoms with Crippen LogP contribution in [0.25, 0.3) is 0 Å². The van der Waals surface area contributed by atoms with Crippen molar-refractivity contribution in [3.8, 4) is 0 Å². The zero-order valence-corrected chi connectivity index (χ0v) is 13.9. The lowest BCUT2D eigenvalue weighted by molar-refractivity contribution is -0.128. The van der Waals surface area contributed by atoms with E-state index in [2.05, 4.69) is 15.3 Å². The third-order valence-electron chi connectivity index (χ3n) is 3.33. The SMILES string of the molecule is CC(CCC(=O)N(C)C)Nc1nc(Cl)nc2c1[S+]([O-])CC2. The topological polar surface area (TPSA) is 81.2 Å². The quantitative estimate of drug-likeness (QED) is 0.653. The Hall–Kier alpha value is -1.05. The van der Waals surface area contributed by atoms with Crippen molar-refractivity contribution in [1.29, 1.82) is 0 Å². The first-order valence-corrected chi connectivity index (χ1v) is 8.49. The van der Waals surface area contributed by atoms with Gasteiger partial charge in [-0.15, -0.1) is 0 Å². The standard InChI is InChI=1S/C13H19ClN4O2S/c1-8(4-5-10(19)18(2)3)15-12-11-9(6-7-21(11)20)16-13(14)17-12/h8H,4-7H2,1-3H3,(H,15,16,17). The summed E-state index contributed by atoms with van der Waals surface area (Å²) >= 11 is 4.83. The molecule has 0 aliphatic carbocycles. The first-order valence-electron chi connectivity index (χ1n) is 6.80. The second kappa shape index (κ2) is 6.81. The minimum Gasteiger partial charge on any atom is -0.611 e. The maximum Gasteiger partial charge on any atom is 0.224 e. The summed E-state index contributed by atoms with van der Waals surface area (Å²) in [5.41, 5.74) is 0.757. The highest BCUT2D eigenvalue weighted by Gasteiger charge is 2.32. The number of aryl methyl sites for hydroxylation is 1. The average molecular weight is 331 g/mol. The smallest absolute Gasteiger partial charge is 0.224 e. The van der Waals surface area contributed by atoms with Gasteiger partial charge in [-0.2, -0.15) is 4.98 Å². The molecule has 2 rings (SSSR count). The zero-order chi connectivity index (χ0) is 15.6. The minimum absolute atomic E-state index is 0.0292. The van der Waals surface area contributed by atoms with Gasteiger partial charge in [-0.3, -0.25) is 4.79 Å². The van der Waals surface area contributed by atoms with Gasteiger partial charge in [0.05, 0.1) is 0 Å². The lowest BCUT2D eigenvalue weighted by atomic mass is 10.1. The number of halogens is 1. The molecule has 1 N–H and O–H groups in total. The Morgan fingerprint density at radius 3 is 2.90 bits per heavy atom. The molecule has 2 unspecified atom stereocenters. The zero-order valence-electron chi connectivity index (χ0n) is 12.4. The maximum absolute atomic E-state index is 12.0. The number of fused-ring (bicyclic) bond motifs is 1. The highest BCUT2D eigenvalue weighted by Crippen LogP contribution is 2.31. The van der Waals surface area contributed by atoms with Crippen LogP contribution in [0.15, 0.2) is 4.90 Å². The van der Waals surface area contributed by atoms with E-state index in [4.69, 9.17) is 11.6 Å². The summed E-state index contributed by atoms with van der Waals surface area (Å²) in [5, 5.41) is 3.37. The number of nitrogens with zero attached hydrogens (tertiary/aromatic N) is 3. The van der Waals surface area contributed by atoms with E-state index >= 15 is 0 Å². The predicted molar refractivity (Wildman–Crippen MR) is 83.0 cm³/mol. The van der Waals surface area contributed by atoms with Crippen molar-refractivity contribution in [2.24, 2.45) is 0 Å². The average Bonchev–Trinajstić information content (AvgIpc) is 2.77. The first-order chi connectivity index (χ1) is 9.88. The van der Waals surface area contributed by atoms with Crippen molar-refractivity contribution in [3.05, 3.63) is 11.0 Å². The molecule has 1 aliphatic rings.